The van der Waals surface area contributed by atoms with Crippen molar-refractivity contribution in [3.8, 4) is 0 Å². The first-order valence-electron chi connectivity index (χ1n) is 6.35. The summed E-state index contributed by atoms with van der Waals surface area (Å²) in [6.07, 6.45) is 1.55. The van der Waals surface area contributed by atoms with Gasteiger partial charge in [0.1, 0.15) is 0 Å². The Kier molecular flexibility index (Phi) is 4.15. The van der Waals surface area contributed by atoms with Crippen molar-refractivity contribution in [2.45, 2.75) is 25.8 Å². The van der Waals surface area contributed by atoms with Gasteiger partial charge < -0.3 is 10.2 Å². The highest BCUT2D eigenvalue weighted by atomic mass is 16.2. The van der Waals surface area contributed by atoms with Gasteiger partial charge in [-0.2, -0.15) is 0 Å². The molecule has 92 valence electrons. The second-order valence-corrected chi connectivity index (χ2v) is 4.49. The van der Waals surface area contributed by atoms with Gasteiger partial charge in [-0.25, -0.2) is 0 Å². The van der Waals surface area contributed by atoms with Crippen molar-refractivity contribution in [2.24, 2.45) is 0 Å². The Hall–Kier alpha value is -1.35. The van der Waals surface area contributed by atoms with Crippen molar-refractivity contribution in [3.63, 3.8) is 0 Å². The van der Waals surface area contributed by atoms with Crippen LogP contribution in [0, 0.1) is 0 Å². The summed E-state index contributed by atoms with van der Waals surface area (Å²) in [6.45, 7) is 4.59. The lowest BCUT2D eigenvalue weighted by molar-refractivity contribution is -0.133. The van der Waals surface area contributed by atoms with E-state index in [0.29, 0.717) is 12.5 Å². The summed E-state index contributed by atoms with van der Waals surface area (Å²) in [5.74, 6) is 0.271. The maximum Gasteiger partial charge on any atom is 0.222 e. The largest absolute Gasteiger partial charge is 0.337 e. The molecule has 1 amide bonds. The third-order valence-electron chi connectivity index (χ3n) is 3.29. The number of rotatable bonds is 3. The molecule has 1 atom stereocenters. The van der Waals surface area contributed by atoms with Gasteiger partial charge in [0.15, 0.2) is 0 Å². The van der Waals surface area contributed by atoms with Crippen LogP contribution in [0.15, 0.2) is 30.3 Å². The summed E-state index contributed by atoms with van der Waals surface area (Å²) < 4.78 is 0. The molecule has 1 unspecified atom stereocenters. The van der Waals surface area contributed by atoms with Crippen LogP contribution in [0.5, 0.6) is 0 Å². The smallest absolute Gasteiger partial charge is 0.222 e. The fourth-order valence-electron chi connectivity index (χ4n) is 2.36. The van der Waals surface area contributed by atoms with Crippen molar-refractivity contribution in [2.75, 3.05) is 19.6 Å². The monoisotopic (exact) mass is 232 g/mol. The number of amides is 1. The lowest BCUT2D eigenvalue weighted by atomic mass is 10.0. The van der Waals surface area contributed by atoms with E-state index in [4.69, 9.17) is 0 Å². The van der Waals surface area contributed by atoms with Crippen LogP contribution in [0.25, 0.3) is 0 Å². The van der Waals surface area contributed by atoms with Crippen LogP contribution in [0.2, 0.25) is 0 Å². The molecule has 1 fully saturated rings. The molecule has 0 aromatic heterocycles. The summed E-state index contributed by atoms with van der Waals surface area (Å²) >= 11 is 0. The van der Waals surface area contributed by atoms with Crippen LogP contribution < -0.4 is 5.32 Å². The second-order valence-electron chi connectivity index (χ2n) is 4.49. The number of benzene rings is 1. The summed E-state index contributed by atoms with van der Waals surface area (Å²) in [5, 5.41) is 3.37. The van der Waals surface area contributed by atoms with E-state index in [-0.39, 0.29) is 5.91 Å². The summed E-state index contributed by atoms with van der Waals surface area (Å²) in [6, 6.07) is 10.7. The van der Waals surface area contributed by atoms with Gasteiger partial charge in [0.05, 0.1) is 0 Å². The van der Waals surface area contributed by atoms with Gasteiger partial charge in [-0.3, -0.25) is 4.79 Å². The first kappa shape index (κ1) is 12.1. The molecule has 17 heavy (non-hydrogen) atoms. The van der Waals surface area contributed by atoms with Crippen molar-refractivity contribution in [1.82, 2.24) is 10.2 Å². The SMILES string of the molecule is CCC(=O)N1CCNCC1Cc1ccccc1. The third-order valence-corrected chi connectivity index (χ3v) is 3.29. The van der Waals surface area contributed by atoms with Gasteiger partial charge in [-0.1, -0.05) is 37.3 Å². The Bertz CT molecular complexity index is 364. The minimum Gasteiger partial charge on any atom is -0.337 e. The predicted octanol–water partition coefficient (Wildman–Crippen LogP) is 1.44. The molecule has 0 bridgehead atoms. The number of hydrogen-bond acceptors (Lipinski definition) is 2. The quantitative estimate of drug-likeness (QED) is 0.855. The molecule has 1 aliphatic rings. The number of nitrogens with zero attached hydrogens (tertiary/aromatic N) is 1. The van der Waals surface area contributed by atoms with E-state index in [1.165, 1.54) is 5.56 Å². The molecular formula is C14H20N2O. The zero-order valence-corrected chi connectivity index (χ0v) is 10.4. The van der Waals surface area contributed by atoms with Gasteiger partial charge in [0.2, 0.25) is 5.91 Å². The second kappa shape index (κ2) is 5.82. The van der Waals surface area contributed by atoms with Crippen LogP contribution in [0.3, 0.4) is 0 Å². The Morgan fingerprint density at radius 2 is 2.18 bits per heavy atom. The molecule has 1 aromatic rings. The van der Waals surface area contributed by atoms with E-state index in [1.54, 1.807) is 0 Å². The number of piperazine rings is 1. The van der Waals surface area contributed by atoms with Crippen molar-refractivity contribution < 1.29 is 4.79 Å². The molecule has 3 heteroatoms. The van der Waals surface area contributed by atoms with Crippen LogP contribution in [0.1, 0.15) is 18.9 Å². The molecule has 2 rings (SSSR count). The van der Waals surface area contributed by atoms with E-state index < -0.39 is 0 Å². The maximum atomic E-state index is 11.9. The molecule has 0 saturated carbocycles. The lowest BCUT2D eigenvalue weighted by Gasteiger charge is -2.36. The minimum absolute atomic E-state index is 0.271. The molecular weight excluding hydrogens is 212 g/mol. The Balaban J connectivity index is 2.04. The normalized spacial score (nSPS) is 20.3. The molecule has 1 heterocycles. The Morgan fingerprint density at radius 3 is 2.88 bits per heavy atom. The van der Waals surface area contributed by atoms with E-state index >= 15 is 0 Å². The lowest BCUT2D eigenvalue weighted by Crippen LogP contribution is -2.54. The summed E-state index contributed by atoms with van der Waals surface area (Å²) in [5.41, 5.74) is 1.30. The Morgan fingerprint density at radius 1 is 1.41 bits per heavy atom. The molecule has 1 saturated heterocycles. The van der Waals surface area contributed by atoms with Crippen molar-refractivity contribution >= 4 is 5.91 Å². The van der Waals surface area contributed by atoms with Crippen molar-refractivity contribution in [3.05, 3.63) is 35.9 Å². The van der Waals surface area contributed by atoms with Gasteiger partial charge in [-0.05, 0) is 12.0 Å². The number of carbonyl (C=O) groups excluding carboxylic acids is 1. The van der Waals surface area contributed by atoms with E-state index in [2.05, 4.69) is 29.6 Å². The van der Waals surface area contributed by atoms with E-state index in [0.717, 1.165) is 26.1 Å². The standard InChI is InChI=1S/C14H20N2O/c1-2-14(17)16-9-8-15-11-13(16)10-12-6-4-3-5-7-12/h3-7,13,15H,2,8-11H2,1H3. The van der Waals surface area contributed by atoms with Crippen LogP contribution in [0.4, 0.5) is 0 Å². The number of hydrogen-bond donors (Lipinski definition) is 1. The van der Waals surface area contributed by atoms with Gasteiger partial charge >= 0.3 is 0 Å². The van der Waals surface area contributed by atoms with E-state index in [9.17, 15) is 4.79 Å². The molecule has 1 aliphatic heterocycles. The van der Waals surface area contributed by atoms with Crippen LogP contribution in [-0.4, -0.2) is 36.5 Å². The highest BCUT2D eigenvalue weighted by Gasteiger charge is 2.25. The topological polar surface area (TPSA) is 32.3 Å². The molecule has 1 N–H and O–H groups in total. The predicted molar refractivity (Wildman–Crippen MR) is 68.8 cm³/mol. The minimum atomic E-state index is 0.271. The zero-order valence-electron chi connectivity index (χ0n) is 10.4. The maximum absolute atomic E-state index is 11.9. The van der Waals surface area contributed by atoms with Gasteiger partial charge in [-0.15, -0.1) is 0 Å². The van der Waals surface area contributed by atoms with Crippen LogP contribution >= 0.6 is 0 Å². The molecule has 0 aliphatic carbocycles. The third kappa shape index (κ3) is 3.07. The van der Waals surface area contributed by atoms with Crippen molar-refractivity contribution in [1.29, 1.82) is 0 Å². The first-order chi connectivity index (χ1) is 8.31. The molecule has 0 spiro atoms. The van der Waals surface area contributed by atoms with E-state index in [1.807, 2.05) is 17.9 Å². The molecule has 0 radical (unpaired) electrons. The average Bonchev–Trinajstić information content (AvgIpc) is 2.40. The fourth-order valence-corrected chi connectivity index (χ4v) is 2.36. The highest BCUT2D eigenvalue weighted by molar-refractivity contribution is 5.76. The van der Waals surface area contributed by atoms with Crippen LogP contribution in [-0.2, 0) is 11.2 Å². The van der Waals surface area contributed by atoms with Gasteiger partial charge in [0.25, 0.3) is 0 Å². The summed E-state index contributed by atoms with van der Waals surface area (Å²) in [4.78, 5) is 13.9. The highest BCUT2D eigenvalue weighted by Crippen LogP contribution is 2.12. The summed E-state index contributed by atoms with van der Waals surface area (Å²) in [7, 11) is 0. The fraction of sp³-hybridized carbons (Fsp3) is 0.500. The molecule has 3 nitrogen and oxygen atoms in total. The van der Waals surface area contributed by atoms with Gasteiger partial charge in [0, 0.05) is 32.1 Å². The average molecular weight is 232 g/mol. The number of nitrogens with one attached hydrogen (secondary N) is 1. The molecule has 1 aromatic carbocycles. The first-order valence-corrected chi connectivity index (χ1v) is 6.35. The zero-order chi connectivity index (χ0) is 12.1. The number of carbonyl (C=O) groups is 1. The Labute approximate surface area is 103 Å².